The van der Waals surface area contributed by atoms with Crippen molar-refractivity contribution in [3.8, 4) is 0 Å². The predicted molar refractivity (Wildman–Crippen MR) is 77.3 cm³/mol. The predicted octanol–water partition coefficient (Wildman–Crippen LogP) is 2.83. The molecule has 0 bridgehead atoms. The second-order valence-corrected chi connectivity index (χ2v) is 4.52. The smallest absolute Gasteiger partial charge is 0.411 e. The molecule has 0 aliphatic rings. The van der Waals surface area contributed by atoms with E-state index in [4.69, 9.17) is 10.5 Å². The molecular weight excluding hydrogens is 244 g/mol. The Bertz CT molecular complexity index is 421. The van der Waals surface area contributed by atoms with Crippen molar-refractivity contribution in [3.05, 3.63) is 12.3 Å². The largest absolute Gasteiger partial charge is 0.447 e. The molecule has 6 nitrogen and oxygen atoms in total. The Labute approximate surface area is 113 Å². The number of ether oxygens (including phenoxy) is 1. The zero-order chi connectivity index (χ0) is 14.3. The minimum Gasteiger partial charge on any atom is -0.447 e. The van der Waals surface area contributed by atoms with Gasteiger partial charge in [-0.25, -0.2) is 9.78 Å². The molecule has 1 aromatic heterocycles. The summed E-state index contributed by atoms with van der Waals surface area (Å²) in [5.41, 5.74) is 6.67. The number of unbranched alkanes of at least 4 members (excludes halogenated alkanes) is 1. The lowest BCUT2D eigenvalue weighted by molar-refractivity contribution is 0.130. The van der Waals surface area contributed by atoms with Crippen molar-refractivity contribution in [1.29, 1.82) is 0 Å². The highest BCUT2D eigenvalue weighted by atomic mass is 16.6. The molecule has 0 aliphatic carbocycles. The molecule has 106 valence electrons. The Balaban J connectivity index is 2.65. The van der Waals surface area contributed by atoms with Gasteiger partial charge in [0.25, 0.3) is 0 Å². The highest BCUT2D eigenvalue weighted by Gasteiger charge is 2.09. The SMILES string of the molecule is CCCCNc1cc(NC(=O)OC(C)C)c(N)cn1. The van der Waals surface area contributed by atoms with E-state index in [-0.39, 0.29) is 6.10 Å². The number of nitrogens with two attached hydrogens (primary N) is 1. The maximum absolute atomic E-state index is 11.5. The lowest BCUT2D eigenvalue weighted by atomic mass is 10.3. The van der Waals surface area contributed by atoms with E-state index in [1.54, 1.807) is 19.9 Å². The summed E-state index contributed by atoms with van der Waals surface area (Å²) < 4.78 is 5.00. The molecule has 0 radical (unpaired) electrons. The Morgan fingerprint density at radius 3 is 2.89 bits per heavy atom. The second kappa shape index (κ2) is 7.45. The standard InChI is InChI=1S/C13H22N4O2/c1-4-5-6-15-12-7-11(10(14)8-16-12)17-13(18)19-9(2)3/h7-9H,4-6,14H2,1-3H3,(H2,15,16,17,18). The first kappa shape index (κ1) is 15.1. The van der Waals surface area contributed by atoms with Crippen LogP contribution in [0.2, 0.25) is 0 Å². The van der Waals surface area contributed by atoms with E-state index < -0.39 is 6.09 Å². The monoisotopic (exact) mass is 266 g/mol. The van der Waals surface area contributed by atoms with Gasteiger partial charge in [0.05, 0.1) is 23.7 Å². The molecular formula is C13H22N4O2. The quantitative estimate of drug-likeness (QED) is 0.689. The highest BCUT2D eigenvalue weighted by Crippen LogP contribution is 2.20. The fourth-order valence-electron chi connectivity index (χ4n) is 1.42. The summed E-state index contributed by atoms with van der Waals surface area (Å²) in [4.78, 5) is 15.7. The minimum atomic E-state index is -0.521. The van der Waals surface area contributed by atoms with Crippen molar-refractivity contribution in [1.82, 2.24) is 4.98 Å². The first-order chi connectivity index (χ1) is 9.02. The molecule has 1 heterocycles. The van der Waals surface area contributed by atoms with Crippen LogP contribution in [0, 0.1) is 0 Å². The van der Waals surface area contributed by atoms with E-state index in [9.17, 15) is 4.79 Å². The van der Waals surface area contributed by atoms with Crippen molar-refractivity contribution in [2.45, 2.75) is 39.7 Å². The van der Waals surface area contributed by atoms with Gasteiger partial charge in [0.15, 0.2) is 0 Å². The van der Waals surface area contributed by atoms with E-state index in [2.05, 4.69) is 22.5 Å². The van der Waals surface area contributed by atoms with Gasteiger partial charge in [-0.1, -0.05) is 13.3 Å². The number of amides is 1. The van der Waals surface area contributed by atoms with Gasteiger partial charge in [0.2, 0.25) is 0 Å². The summed E-state index contributed by atoms with van der Waals surface area (Å²) in [7, 11) is 0. The van der Waals surface area contributed by atoms with Gasteiger partial charge >= 0.3 is 6.09 Å². The Kier molecular flexibility index (Phi) is 5.92. The number of hydrogen-bond acceptors (Lipinski definition) is 5. The van der Waals surface area contributed by atoms with Crippen LogP contribution in [0.3, 0.4) is 0 Å². The summed E-state index contributed by atoms with van der Waals surface area (Å²) in [5.74, 6) is 0.683. The van der Waals surface area contributed by atoms with Crippen molar-refractivity contribution in [2.24, 2.45) is 0 Å². The second-order valence-electron chi connectivity index (χ2n) is 4.52. The molecule has 19 heavy (non-hydrogen) atoms. The van der Waals surface area contributed by atoms with E-state index in [1.165, 1.54) is 6.20 Å². The molecule has 1 amide bonds. The molecule has 0 fully saturated rings. The van der Waals surface area contributed by atoms with Crippen LogP contribution < -0.4 is 16.4 Å². The van der Waals surface area contributed by atoms with Gasteiger partial charge in [-0.3, -0.25) is 5.32 Å². The summed E-state index contributed by atoms with van der Waals surface area (Å²) in [5, 5.41) is 5.77. The van der Waals surface area contributed by atoms with Gasteiger partial charge in [0.1, 0.15) is 5.82 Å². The van der Waals surface area contributed by atoms with Crippen LogP contribution in [0.1, 0.15) is 33.6 Å². The fourth-order valence-corrected chi connectivity index (χ4v) is 1.42. The van der Waals surface area contributed by atoms with Crippen LogP contribution in [-0.2, 0) is 4.74 Å². The van der Waals surface area contributed by atoms with Crippen LogP contribution in [0.4, 0.5) is 22.0 Å². The maximum Gasteiger partial charge on any atom is 0.411 e. The van der Waals surface area contributed by atoms with Crippen LogP contribution >= 0.6 is 0 Å². The number of nitrogens with zero attached hydrogens (tertiary/aromatic N) is 1. The van der Waals surface area contributed by atoms with Crippen molar-refractivity contribution >= 4 is 23.3 Å². The van der Waals surface area contributed by atoms with Crippen LogP contribution in [0.15, 0.2) is 12.3 Å². The van der Waals surface area contributed by atoms with E-state index in [1.807, 2.05) is 0 Å². The normalized spacial score (nSPS) is 10.3. The third-order valence-corrected chi connectivity index (χ3v) is 2.35. The summed E-state index contributed by atoms with van der Waals surface area (Å²) >= 11 is 0. The van der Waals surface area contributed by atoms with Crippen molar-refractivity contribution in [2.75, 3.05) is 22.9 Å². The molecule has 0 atom stereocenters. The average Bonchev–Trinajstić information content (AvgIpc) is 2.32. The number of anilines is 3. The Morgan fingerprint density at radius 2 is 2.26 bits per heavy atom. The van der Waals surface area contributed by atoms with Crippen molar-refractivity contribution < 1.29 is 9.53 Å². The molecule has 0 aliphatic heterocycles. The van der Waals surface area contributed by atoms with E-state index in [0.717, 1.165) is 19.4 Å². The molecule has 0 spiro atoms. The third-order valence-electron chi connectivity index (χ3n) is 2.35. The Hall–Kier alpha value is -1.98. The van der Waals surface area contributed by atoms with Gasteiger partial charge < -0.3 is 15.8 Å². The van der Waals surface area contributed by atoms with Crippen LogP contribution in [0.25, 0.3) is 0 Å². The molecule has 0 aromatic carbocycles. The van der Waals surface area contributed by atoms with Gasteiger partial charge in [-0.2, -0.15) is 0 Å². The van der Waals surface area contributed by atoms with Gasteiger partial charge in [0, 0.05) is 12.6 Å². The van der Waals surface area contributed by atoms with E-state index >= 15 is 0 Å². The molecule has 1 aromatic rings. The first-order valence-electron chi connectivity index (χ1n) is 6.50. The number of carbonyl (C=O) groups excluding carboxylic acids is 1. The zero-order valence-corrected chi connectivity index (χ0v) is 11.7. The molecule has 4 N–H and O–H groups in total. The van der Waals surface area contributed by atoms with Crippen LogP contribution in [0.5, 0.6) is 0 Å². The molecule has 0 saturated carbocycles. The number of carbonyl (C=O) groups is 1. The topological polar surface area (TPSA) is 89.3 Å². The average molecular weight is 266 g/mol. The molecule has 6 heteroatoms. The highest BCUT2D eigenvalue weighted by molar-refractivity contribution is 5.89. The number of nitrogens with one attached hydrogen (secondary N) is 2. The summed E-state index contributed by atoms with van der Waals surface area (Å²) in [6.45, 7) is 6.52. The Morgan fingerprint density at radius 1 is 1.53 bits per heavy atom. The van der Waals surface area contributed by atoms with Gasteiger partial charge in [-0.05, 0) is 20.3 Å². The number of hydrogen-bond donors (Lipinski definition) is 3. The van der Waals surface area contributed by atoms with Gasteiger partial charge in [-0.15, -0.1) is 0 Å². The number of pyridine rings is 1. The number of rotatable bonds is 6. The zero-order valence-electron chi connectivity index (χ0n) is 11.7. The maximum atomic E-state index is 11.5. The summed E-state index contributed by atoms with van der Waals surface area (Å²) in [6, 6.07) is 1.70. The van der Waals surface area contributed by atoms with E-state index in [0.29, 0.717) is 17.2 Å². The number of nitrogen functional groups attached to an aromatic ring is 1. The lowest BCUT2D eigenvalue weighted by Crippen LogP contribution is -2.19. The molecule has 0 saturated heterocycles. The lowest BCUT2D eigenvalue weighted by Gasteiger charge is -2.12. The minimum absolute atomic E-state index is 0.176. The fraction of sp³-hybridized carbons (Fsp3) is 0.538. The van der Waals surface area contributed by atoms with Crippen LogP contribution in [-0.4, -0.2) is 23.7 Å². The molecule has 1 rings (SSSR count). The molecule has 0 unspecified atom stereocenters. The van der Waals surface area contributed by atoms with Crippen molar-refractivity contribution in [3.63, 3.8) is 0 Å². The first-order valence-corrected chi connectivity index (χ1v) is 6.50. The summed E-state index contributed by atoms with van der Waals surface area (Å²) in [6.07, 6.45) is 2.98. The number of aromatic nitrogens is 1. The third kappa shape index (κ3) is 5.46.